The van der Waals surface area contributed by atoms with Gasteiger partial charge in [0.1, 0.15) is 5.75 Å². The summed E-state index contributed by atoms with van der Waals surface area (Å²) in [5.41, 5.74) is 8.73. The molecule has 1 amide bonds. The van der Waals surface area contributed by atoms with Gasteiger partial charge < -0.3 is 15.4 Å². The van der Waals surface area contributed by atoms with Crippen molar-refractivity contribution in [3.8, 4) is 5.75 Å². The molecule has 0 aromatic heterocycles. The van der Waals surface area contributed by atoms with Crippen molar-refractivity contribution in [3.63, 3.8) is 0 Å². The molecule has 0 aliphatic carbocycles. The molecule has 0 bridgehead atoms. The lowest BCUT2D eigenvalue weighted by molar-refractivity contribution is -0.131. The zero-order chi connectivity index (χ0) is 13.7. The summed E-state index contributed by atoms with van der Waals surface area (Å²) in [6.07, 6.45) is 0. The van der Waals surface area contributed by atoms with Gasteiger partial charge in [0.15, 0.2) is 6.61 Å². The van der Waals surface area contributed by atoms with Crippen LogP contribution in [0.4, 0.5) is 0 Å². The number of ether oxygens (including phenoxy) is 1. The van der Waals surface area contributed by atoms with Crippen LogP contribution >= 0.6 is 0 Å². The van der Waals surface area contributed by atoms with E-state index in [1.807, 2.05) is 32.9 Å². The second kappa shape index (κ2) is 6.40. The van der Waals surface area contributed by atoms with E-state index in [1.54, 1.807) is 11.9 Å². The number of rotatable bonds is 5. The molecular formula is C14H22N2O2. The molecule has 0 saturated heterocycles. The van der Waals surface area contributed by atoms with Gasteiger partial charge in [-0.15, -0.1) is 0 Å². The molecular weight excluding hydrogens is 228 g/mol. The molecule has 4 nitrogen and oxygen atoms in total. The van der Waals surface area contributed by atoms with Crippen LogP contribution < -0.4 is 10.5 Å². The van der Waals surface area contributed by atoms with Crippen LogP contribution in [0, 0.1) is 13.8 Å². The number of carbonyl (C=O) groups excluding carboxylic acids is 1. The van der Waals surface area contributed by atoms with E-state index in [0.29, 0.717) is 13.1 Å². The molecule has 4 heteroatoms. The summed E-state index contributed by atoms with van der Waals surface area (Å²) < 4.78 is 5.62. The fourth-order valence-corrected chi connectivity index (χ4v) is 1.81. The topological polar surface area (TPSA) is 55.6 Å². The average molecular weight is 250 g/mol. The van der Waals surface area contributed by atoms with Gasteiger partial charge >= 0.3 is 0 Å². The quantitative estimate of drug-likeness (QED) is 0.864. The Labute approximate surface area is 109 Å². The second-order valence-corrected chi connectivity index (χ2v) is 4.46. The maximum atomic E-state index is 11.7. The molecule has 0 unspecified atom stereocenters. The van der Waals surface area contributed by atoms with E-state index in [0.717, 1.165) is 22.4 Å². The molecule has 0 fully saturated rings. The Morgan fingerprint density at radius 3 is 2.33 bits per heavy atom. The van der Waals surface area contributed by atoms with Gasteiger partial charge in [-0.25, -0.2) is 0 Å². The first-order chi connectivity index (χ1) is 8.49. The molecule has 18 heavy (non-hydrogen) atoms. The number of hydrogen-bond acceptors (Lipinski definition) is 3. The summed E-state index contributed by atoms with van der Waals surface area (Å²) in [5, 5.41) is 0. The number of carbonyl (C=O) groups is 1. The highest BCUT2D eigenvalue weighted by molar-refractivity contribution is 5.77. The van der Waals surface area contributed by atoms with Crippen molar-refractivity contribution >= 4 is 5.91 Å². The highest BCUT2D eigenvalue weighted by Gasteiger charge is 2.11. The van der Waals surface area contributed by atoms with E-state index in [2.05, 4.69) is 0 Å². The van der Waals surface area contributed by atoms with Crippen LogP contribution in [0.2, 0.25) is 0 Å². The van der Waals surface area contributed by atoms with E-state index < -0.39 is 0 Å². The van der Waals surface area contributed by atoms with Crippen LogP contribution in [0.1, 0.15) is 23.6 Å². The molecule has 1 aromatic rings. The lowest BCUT2D eigenvalue weighted by atomic mass is 10.1. The Kier molecular flexibility index (Phi) is 5.16. The van der Waals surface area contributed by atoms with Crippen LogP contribution in [0.3, 0.4) is 0 Å². The zero-order valence-electron chi connectivity index (χ0n) is 11.6. The predicted octanol–water partition coefficient (Wildman–Crippen LogP) is 1.62. The first-order valence-electron chi connectivity index (χ1n) is 6.16. The highest BCUT2D eigenvalue weighted by Crippen LogP contribution is 2.24. The molecule has 0 spiro atoms. The smallest absolute Gasteiger partial charge is 0.260 e. The summed E-state index contributed by atoms with van der Waals surface area (Å²) in [7, 11) is 1.77. The minimum atomic E-state index is -0.0146. The lowest BCUT2D eigenvalue weighted by Crippen LogP contribution is -2.31. The highest BCUT2D eigenvalue weighted by atomic mass is 16.5. The fourth-order valence-electron chi connectivity index (χ4n) is 1.81. The standard InChI is InChI=1S/C14H22N2O2/c1-5-16(4)13(17)9-18-14-10(2)6-12(8-15)7-11(14)3/h6-7H,5,8-9,15H2,1-4H3. The number of benzene rings is 1. The third-order valence-electron chi connectivity index (χ3n) is 3.00. The summed E-state index contributed by atoms with van der Waals surface area (Å²) in [5.74, 6) is 0.768. The van der Waals surface area contributed by atoms with Gasteiger partial charge in [-0.2, -0.15) is 0 Å². The van der Waals surface area contributed by atoms with Gasteiger partial charge in [-0.1, -0.05) is 12.1 Å². The number of nitrogens with zero attached hydrogens (tertiary/aromatic N) is 1. The third-order valence-corrected chi connectivity index (χ3v) is 3.00. The monoisotopic (exact) mass is 250 g/mol. The lowest BCUT2D eigenvalue weighted by Gasteiger charge is -2.17. The van der Waals surface area contributed by atoms with Crippen molar-refractivity contribution in [2.75, 3.05) is 20.2 Å². The molecule has 1 aromatic carbocycles. The number of likely N-dealkylation sites (N-methyl/N-ethyl adjacent to an activating group) is 1. The van der Waals surface area contributed by atoms with E-state index in [4.69, 9.17) is 10.5 Å². The number of hydrogen-bond donors (Lipinski definition) is 1. The Morgan fingerprint density at radius 2 is 1.89 bits per heavy atom. The van der Waals surface area contributed by atoms with Crippen molar-refractivity contribution in [2.45, 2.75) is 27.3 Å². The first kappa shape index (κ1) is 14.5. The normalized spacial score (nSPS) is 10.3. The number of amides is 1. The van der Waals surface area contributed by atoms with E-state index in [9.17, 15) is 4.79 Å². The van der Waals surface area contributed by atoms with E-state index in [-0.39, 0.29) is 12.5 Å². The van der Waals surface area contributed by atoms with Crippen molar-refractivity contribution in [1.82, 2.24) is 4.90 Å². The molecule has 0 aliphatic heterocycles. The van der Waals surface area contributed by atoms with Gasteiger partial charge in [0.25, 0.3) is 5.91 Å². The van der Waals surface area contributed by atoms with Gasteiger partial charge in [0, 0.05) is 20.1 Å². The molecule has 2 N–H and O–H groups in total. The maximum Gasteiger partial charge on any atom is 0.260 e. The fraction of sp³-hybridized carbons (Fsp3) is 0.500. The van der Waals surface area contributed by atoms with Crippen LogP contribution in [-0.2, 0) is 11.3 Å². The van der Waals surface area contributed by atoms with Crippen molar-refractivity contribution in [1.29, 1.82) is 0 Å². The van der Waals surface area contributed by atoms with Crippen LogP contribution in [-0.4, -0.2) is 31.0 Å². The van der Waals surface area contributed by atoms with Gasteiger partial charge in [-0.05, 0) is 37.5 Å². The van der Waals surface area contributed by atoms with Crippen LogP contribution in [0.5, 0.6) is 5.75 Å². The van der Waals surface area contributed by atoms with Crippen molar-refractivity contribution < 1.29 is 9.53 Å². The molecule has 0 heterocycles. The first-order valence-corrected chi connectivity index (χ1v) is 6.16. The zero-order valence-corrected chi connectivity index (χ0v) is 11.6. The molecule has 100 valence electrons. The Bertz CT molecular complexity index is 407. The summed E-state index contributed by atoms with van der Waals surface area (Å²) in [6.45, 7) is 7.15. The Balaban J connectivity index is 2.77. The van der Waals surface area contributed by atoms with E-state index in [1.165, 1.54) is 0 Å². The second-order valence-electron chi connectivity index (χ2n) is 4.46. The summed E-state index contributed by atoms with van der Waals surface area (Å²) in [4.78, 5) is 13.3. The summed E-state index contributed by atoms with van der Waals surface area (Å²) in [6, 6.07) is 3.99. The Hall–Kier alpha value is -1.55. The largest absolute Gasteiger partial charge is 0.483 e. The number of nitrogens with two attached hydrogens (primary N) is 1. The van der Waals surface area contributed by atoms with Crippen LogP contribution in [0.25, 0.3) is 0 Å². The molecule has 1 rings (SSSR count). The molecule has 0 atom stereocenters. The minimum Gasteiger partial charge on any atom is -0.483 e. The van der Waals surface area contributed by atoms with Gasteiger partial charge in [0.05, 0.1) is 0 Å². The van der Waals surface area contributed by atoms with Gasteiger partial charge in [0.2, 0.25) is 0 Å². The SMILES string of the molecule is CCN(C)C(=O)COc1c(C)cc(CN)cc1C. The molecule has 0 radical (unpaired) electrons. The number of aryl methyl sites for hydroxylation is 2. The van der Waals surface area contributed by atoms with Crippen molar-refractivity contribution in [3.05, 3.63) is 28.8 Å². The predicted molar refractivity (Wildman–Crippen MR) is 72.6 cm³/mol. The van der Waals surface area contributed by atoms with Crippen LogP contribution in [0.15, 0.2) is 12.1 Å². The average Bonchev–Trinajstić information content (AvgIpc) is 2.36. The Morgan fingerprint density at radius 1 is 1.33 bits per heavy atom. The van der Waals surface area contributed by atoms with Crippen molar-refractivity contribution in [2.24, 2.45) is 5.73 Å². The molecule has 0 aliphatic rings. The third kappa shape index (κ3) is 3.47. The van der Waals surface area contributed by atoms with Gasteiger partial charge in [-0.3, -0.25) is 4.79 Å². The summed E-state index contributed by atoms with van der Waals surface area (Å²) >= 11 is 0. The van der Waals surface area contributed by atoms with E-state index >= 15 is 0 Å². The molecule has 0 saturated carbocycles. The maximum absolute atomic E-state index is 11.7. The minimum absolute atomic E-state index is 0.0146.